The van der Waals surface area contributed by atoms with Gasteiger partial charge in [-0.1, -0.05) is 66.6 Å². The molecule has 0 amide bonds. The lowest BCUT2D eigenvalue weighted by Gasteiger charge is -2.27. The number of aromatic nitrogens is 2. The third kappa shape index (κ3) is 4.16. The fourth-order valence-corrected chi connectivity index (χ4v) is 6.47. The van der Waals surface area contributed by atoms with E-state index in [2.05, 4.69) is 70.7 Å². The normalized spacial score (nSPS) is 17.9. The van der Waals surface area contributed by atoms with E-state index >= 15 is 0 Å². The molecule has 1 N–H and O–H groups in total. The zero-order valence-electron chi connectivity index (χ0n) is 22.4. The Morgan fingerprint density at radius 2 is 1.63 bits per heavy atom. The number of nitrogens with zero attached hydrogens (tertiary/aromatic N) is 4. The lowest BCUT2D eigenvalue weighted by Crippen LogP contribution is -2.26. The van der Waals surface area contributed by atoms with Crippen molar-refractivity contribution >= 4 is 34.5 Å². The van der Waals surface area contributed by atoms with Gasteiger partial charge in [-0.3, -0.25) is 0 Å². The van der Waals surface area contributed by atoms with Crippen LogP contribution < -0.4 is 4.90 Å². The Hall–Kier alpha value is -5.22. The first-order chi connectivity index (χ1) is 20.0. The highest BCUT2D eigenvalue weighted by molar-refractivity contribution is 6.01. The van der Waals surface area contributed by atoms with Gasteiger partial charge in [0.2, 0.25) is 0 Å². The minimum atomic E-state index is -1.25. The van der Waals surface area contributed by atoms with Crippen LogP contribution in [0, 0.1) is 18.3 Å². The maximum absolute atomic E-state index is 11.2. The Labute approximate surface area is 236 Å². The first-order valence-corrected chi connectivity index (χ1v) is 13.7. The van der Waals surface area contributed by atoms with Crippen molar-refractivity contribution in [3.05, 3.63) is 101 Å². The molecular formula is C34H26N4O3. The Kier molecular flexibility index (Phi) is 5.90. The molecule has 7 heteroatoms. The summed E-state index contributed by atoms with van der Waals surface area (Å²) in [7, 11) is 0. The van der Waals surface area contributed by atoms with E-state index in [0.29, 0.717) is 28.6 Å². The molecule has 2 unspecified atom stereocenters. The topological polar surface area (TPSA) is 103 Å². The molecule has 7 rings (SSSR count). The maximum atomic E-state index is 11.2. The van der Waals surface area contributed by atoms with Crippen LogP contribution in [-0.4, -0.2) is 27.4 Å². The van der Waals surface area contributed by atoms with Crippen molar-refractivity contribution in [2.45, 2.75) is 38.1 Å². The Bertz CT molecular complexity index is 1880. The summed E-state index contributed by atoms with van der Waals surface area (Å²) in [5, 5.41) is 26.7. The second kappa shape index (κ2) is 9.76. The Morgan fingerprint density at radius 1 is 0.951 bits per heavy atom. The number of hydrogen-bond donors (Lipinski definition) is 1. The Balaban J connectivity index is 1.26. The SMILES string of the molecule is Cc1ccc(N2c3ccc(-c4ccc(-c5ccc(/C=C(\C#N)C(=O)O)cc5)c5nonc45)cc3C3CCCC32)cc1. The highest BCUT2D eigenvalue weighted by Gasteiger charge is 2.42. The summed E-state index contributed by atoms with van der Waals surface area (Å²) in [5.74, 6) is -0.743. The fourth-order valence-electron chi connectivity index (χ4n) is 6.47. The fraction of sp³-hybridized carbons (Fsp3) is 0.176. The molecule has 5 aromatic rings. The molecule has 41 heavy (non-hydrogen) atoms. The van der Waals surface area contributed by atoms with E-state index in [1.54, 1.807) is 18.2 Å². The van der Waals surface area contributed by atoms with Gasteiger partial charge in [-0.25, -0.2) is 9.42 Å². The van der Waals surface area contributed by atoms with Gasteiger partial charge in [0.25, 0.3) is 0 Å². The number of hydrogen-bond acceptors (Lipinski definition) is 6. The van der Waals surface area contributed by atoms with Crippen LogP contribution in [-0.2, 0) is 4.79 Å². The number of fused-ring (bicyclic) bond motifs is 4. The van der Waals surface area contributed by atoms with Crippen LogP contribution in [0.4, 0.5) is 11.4 Å². The number of aliphatic carboxylic acids is 1. The number of benzene rings is 4. The highest BCUT2D eigenvalue weighted by Crippen LogP contribution is 2.53. The third-order valence-corrected chi connectivity index (χ3v) is 8.42. The molecule has 200 valence electrons. The largest absolute Gasteiger partial charge is 0.477 e. The molecule has 1 aliphatic carbocycles. The maximum Gasteiger partial charge on any atom is 0.346 e. The van der Waals surface area contributed by atoms with Crippen molar-refractivity contribution in [1.29, 1.82) is 5.26 Å². The van der Waals surface area contributed by atoms with E-state index in [0.717, 1.165) is 22.3 Å². The van der Waals surface area contributed by atoms with Gasteiger partial charge in [0.1, 0.15) is 22.7 Å². The third-order valence-electron chi connectivity index (χ3n) is 8.42. The van der Waals surface area contributed by atoms with Gasteiger partial charge in [0.15, 0.2) is 0 Å². The summed E-state index contributed by atoms with van der Waals surface area (Å²) in [6.45, 7) is 2.12. The van der Waals surface area contributed by atoms with Gasteiger partial charge in [-0.05, 0) is 82.7 Å². The quantitative estimate of drug-likeness (QED) is 0.181. The van der Waals surface area contributed by atoms with E-state index in [9.17, 15) is 4.79 Å². The summed E-state index contributed by atoms with van der Waals surface area (Å²) < 4.78 is 5.23. The van der Waals surface area contributed by atoms with Crippen molar-refractivity contribution in [2.24, 2.45) is 0 Å². The summed E-state index contributed by atoms with van der Waals surface area (Å²) in [6.07, 6.45) is 4.97. The van der Waals surface area contributed by atoms with Gasteiger partial charge in [-0.2, -0.15) is 5.26 Å². The standard InChI is InChI=1S/C34H26N4O3/c1-20-5-12-25(13-6-20)38-30-4-2-3-28(30)29-18-23(11-16-31(29)38)27-15-14-26(32-33(27)37-41-36-32)22-9-7-21(8-10-22)17-24(19-35)34(39)40/h5-18,28,30H,2-4H2,1H3,(H,39,40)/b24-17+. The molecule has 1 saturated carbocycles. The first-order valence-electron chi connectivity index (χ1n) is 13.7. The van der Waals surface area contributed by atoms with Gasteiger partial charge >= 0.3 is 5.97 Å². The van der Waals surface area contributed by atoms with Crippen molar-refractivity contribution in [2.75, 3.05) is 4.90 Å². The minimum absolute atomic E-state index is 0.314. The molecular weight excluding hydrogens is 512 g/mol. The molecule has 2 aliphatic rings. The number of anilines is 2. The zero-order valence-corrected chi connectivity index (χ0v) is 22.4. The molecule has 2 atom stereocenters. The predicted molar refractivity (Wildman–Crippen MR) is 158 cm³/mol. The van der Waals surface area contributed by atoms with Gasteiger partial charge in [-0.15, -0.1) is 0 Å². The number of carboxylic acid groups (broad SMARTS) is 1. The molecule has 2 heterocycles. The molecule has 0 radical (unpaired) electrons. The van der Waals surface area contributed by atoms with Crippen LogP contribution >= 0.6 is 0 Å². The Morgan fingerprint density at radius 3 is 2.32 bits per heavy atom. The number of rotatable bonds is 5. The van der Waals surface area contributed by atoms with Crippen LogP contribution in [0.3, 0.4) is 0 Å². The summed E-state index contributed by atoms with van der Waals surface area (Å²) in [6, 6.07) is 29.2. The van der Waals surface area contributed by atoms with Crippen molar-refractivity contribution in [3.8, 4) is 28.3 Å². The highest BCUT2D eigenvalue weighted by atomic mass is 16.6. The number of aryl methyl sites for hydroxylation is 1. The van der Waals surface area contributed by atoms with Crippen LogP contribution in [0.5, 0.6) is 0 Å². The van der Waals surface area contributed by atoms with Crippen LogP contribution in [0.25, 0.3) is 39.4 Å². The molecule has 4 aromatic carbocycles. The molecule has 1 aliphatic heterocycles. The van der Waals surface area contributed by atoms with Gasteiger partial charge in [0.05, 0.1) is 0 Å². The van der Waals surface area contributed by atoms with Crippen molar-refractivity contribution in [3.63, 3.8) is 0 Å². The molecule has 0 saturated heterocycles. The lowest BCUT2D eigenvalue weighted by atomic mass is 9.92. The van der Waals surface area contributed by atoms with E-state index < -0.39 is 5.97 Å². The van der Waals surface area contributed by atoms with Crippen LogP contribution in [0.2, 0.25) is 0 Å². The van der Waals surface area contributed by atoms with Crippen molar-refractivity contribution in [1.82, 2.24) is 10.3 Å². The smallest absolute Gasteiger partial charge is 0.346 e. The number of carbonyl (C=O) groups is 1. The average molecular weight is 539 g/mol. The first kappa shape index (κ1) is 24.8. The summed E-state index contributed by atoms with van der Waals surface area (Å²) in [4.78, 5) is 13.7. The second-order valence-electron chi connectivity index (χ2n) is 10.8. The second-order valence-corrected chi connectivity index (χ2v) is 10.8. The molecule has 0 spiro atoms. The lowest BCUT2D eigenvalue weighted by molar-refractivity contribution is -0.132. The van der Waals surface area contributed by atoms with Gasteiger partial charge < -0.3 is 10.0 Å². The van der Waals surface area contributed by atoms with E-state index in [-0.39, 0.29) is 5.57 Å². The molecule has 1 fully saturated rings. The summed E-state index contributed by atoms with van der Waals surface area (Å²) >= 11 is 0. The number of nitriles is 1. The van der Waals surface area contributed by atoms with Gasteiger partial charge in [0, 0.05) is 34.5 Å². The average Bonchev–Trinajstić information content (AvgIpc) is 3.73. The number of carboxylic acids is 1. The zero-order chi connectivity index (χ0) is 28.1. The molecule has 7 nitrogen and oxygen atoms in total. The molecule has 0 bridgehead atoms. The molecule has 1 aromatic heterocycles. The van der Waals surface area contributed by atoms with Crippen LogP contribution in [0.15, 0.2) is 89.1 Å². The van der Waals surface area contributed by atoms with E-state index in [1.807, 2.05) is 18.2 Å². The van der Waals surface area contributed by atoms with Crippen LogP contribution in [0.1, 0.15) is 41.9 Å². The minimum Gasteiger partial charge on any atom is -0.477 e. The van der Waals surface area contributed by atoms with Crippen molar-refractivity contribution < 1.29 is 14.5 Å². The summed E-state index contributed by atoms with van der Waals surface area (Å²) in [5.41, 5.74) is 10.7. The monoisotopic (exact) mass is 538 g/mol. The van der Waals surface area contributed by atoms with E-state index in [4.69, 9.17) is 15.0 Å². The van der Waals surface area contributed by atoms with E-state index in [1.165, 1.54) is 47.8 Å². The predicted octanol–water partition coefficient (Wildman–Crippen LogP) is 7.64.